The van der Waals surface area contributed by atoms with Crippen LogP contribution in [-0.2, 0) is 13.9 Å². The molecule has 0 aromatic heterocycles. The molecule has 0 aliphatic carbocycles. The van der Waals surface area contributed by atoms with E-state index in [-0.39, 0.29) is 18.6 Å². The third kappa shape index (κ3) is 7.53. The number of phosphoric ester groups is 1. The van der Waals surface area contributed by atoms with Gasteiger partial charge in [-0.3, -0.25) is 9.79 Å². The highest BCUT2D eigenvalue weighted by Crippen LogP contribution is 2.36. The zero-order valence-electron chi connectivity index (χ0n) is 7.96. The number of halogens is 1. The first-order chi connectivity index (χ1) is 6.76. The number of phosphoric acid groups is 1. The van der Waals surface area contributed by atoms with Gasteiger partial charge in [0.15, 0.2) is 0 Å². The largest absolute Gasteiger partial charge is 0.527 e. The topological polar surface area (TPSA) is 104 Å². The van der Waals surface area contributed by atoms with E-state index >= 15 is 0 Å². The quantitative estimate of drug-likeness (QED) is 0.378. The Morgan fingerprint density at radius 3 is 2.53 bits per heavy atom. The molecular formula is C7H12ClO6P. The molecule has 0 aliphatic heterocycles. The maximum atomic E-state index is 11.0. The highest BCUT2D eigenvalue weighted by Gasteiger charge is 2.21. The van der Waals surface area contributed by atoms with Crippen molar-refractivity contribution in [3.8, 4) is 0 Å². The van der Waals surface area contributed by atoms with Crippen LogP contribution < -0.4 is 0 Å². The fourth-order valence-electron chi connectivity index (χ4n) is 0.643. The Kier molecular flexibility index (Phi) is 6.09. The molecule has 88 valence electrons. The van der Waals surface area contributed by atoms with Crippen molar-refractivity contribution in [2.75, 3.05) is 6.61 Å². The maximum Gasteiger partial charge on any atom is 0.527 e. The minimum absolute atomic E-state index is 0.0254. The van der Waals surface area contributed by atoms with E-state index in [9.17, 15) is 9.36 Å². The van der Waals surface area contributed by atoms with E-state index < -0.39 is 19.2 Å². The van der Waals surface area contributed by atoms with E-state index in [1.54, 1.807) is 0 Å². The van der Waals surface area contributed by atoms with Crippen molar-refractivity contribution in [3.05, 3.63) is 11.6 Å². The van der Waals surface area contributed by atoms with Crippen molar-refractivity contribution in [3.63, 3.8) is 0 Å². The predicted octanol–water partition coefficient (Wildman–Crippen LogP) is 0.558. The van der Waals surface area contributed by atoms with Gasteiger partial charge in [0.05, 0.1) is 12.0 Å². The second-order valence-corrected chi connectivity index (χ2v) is 4.55. The number of rotatable bonds is 5. The van der Waals surface area contributed by atoms with Gasteiger partial charge in [0.25, 0.3) is 0 Å². The summed E-state index contributed by atoms with van der Waals surface area (Å²) >= 11 is 5.55. The highest BCUT2D eigenvalue weighted by molar-refractivity contribution is 7.46. The molecule has 0 amide bonds. The summed E-state index contributed by atoms with van der Waals surface area (Å²) in [5.41, 5.74) is 0.0254. The van der Waals surface area contributed by atoms with Crippen LogP contribution in [0.15, 0.2) is 11.6 Å². The molecule has 15 heavy (non-hydrogen) atoms. The van der Waals surface area contributed by atoms with Crippen molar-refractivity contribution in [1.29, 1.82) is 0 Å². The van der Waals surface area contributed by atoms with Gasteiger partial charge in [-0.05, 0) is 13.3 Å². The predicted molar refractivity (Wildman–Crippen MR) is 53.2 cm³/mol. The van der Waals surface area contributed by atoms with Crippen LogP contribution in [0.4, 0.5) is 0 Å². The minimum Gasteiger partial charge on any atom is -0.395 e. The summed E-state index contributed by atoms with van der Waals surface area (Å²) in [7, 11) is -4.80. The normalized spacial score (nSPS) is 14.9. The molecule has 0 fully saturated rings. The molecule has 0 rings (SSSR count). The zero-order valence-corrected chi connectivity index (χ0v) is 9.61. The van der Waals surface area contributed by atoms with Gasteiger partial charge in [-0.2, -0.15) is 0 Å². The van der Waals surface area contributed by atoms with Gasteiger partial charge in [-0.1, -0.05) is 6.08 Å². The van der Waals surface area contributed by atoms with E-state index in [2.05, 4.69) is 4.52 Å². The number of hydrogen-bond acceptors (Lipinski definition) is 4. The molecule has 0 radical (unpaired) electrons. The lowest BCUT2D eigenvalue weighted by atomic mass is 10.2. The number of allylic oxidation sites excluding steroid dienone is 1. The van der Waals surface area contributed by atoms with Gasteiger partial charge < -0.3 is 9.63 Å². The number of aliphatic hydroxyl groups excluding tert-OH is 1. The van der Waals surface area contributed by atoms with Gasteiger partial charge in [-0.15, -0.1) is 11.6 Å². The summed E-state index contributed by atoms with van der Waals surface area (Å²) in [5.74, 6) is -1.11. The van der Waals surface area contributed by atoms with Crippen molar-refractivity contribution >= 4 is 25.4 Å². The number of aliphatic hydroxyl groups is 1. The third-order valence-electron chi connectivity index (χ3n) is 1.40. The third-order valence-corrected chi connectivity index (χ3v) is 2.12. The monoisotopic (exact) mass is 258 g/mol. The zero-order chi connectivity index (χ0) is 12.1. The van der Waals surface area contributed by atoms with Gasteiger partial charge in [0.1, 0.15) is 0 Å². The van der Waals surface area contributed by atoms with Crippen LogP contribution in [0.3, 0.4) is 0 Å². The molecule has 0 aliphatic rings. The fourth-order valence-corrected chi connectivity index (χ4v) is 1.09. The molecular weight excluding hydrogens is 246 g/mol. The Balaban J connectivity index is 4.26. The Labute approximate surface area is 91.7 Å². The first kappa shape index (κ1) is 14.6. The summed E-state index contributed by atoms with van der Waals surface area (Å²) in [6.07, 6.45) is 1.55. The van der Waals surface area contributed by atoms with E-state index in [1.807, 2.05) is 0 Å². The summed E-state index contributed by atoms with van der Waals surface area (Å²) in [6.45, 7) is 1.08. The van der Waals surface area contributed by atoms with Gasteiger partial charge in [0, 0.05) is 5.57 Å². The van der Waals surface area contributed by atoms with Crippen LogP contribution in [0.1, 0.15) is 13.3 Å². The van der Waals surface area contributed by atoms with Gasteiger partial charge in [-0.25, -0.2) is 9.36 Å². The van der Waals surface area contributed by atoms with Gasteiger partial charge in [0.2, 0.25) is 0 Å². The highest BCUT2D eigenvalue weighted by atomic mass is 35.5. The first-order valence-electron chi connectivity index (χ1n) is 3.97. The lowest BCUT2D eigenvalue weighted by molar-refractivity contribution is -0.131. The maximum absolute atomic E-state index is 11.0. The summed E-state index contributed by atoms with van der Waals surface area (Å²) in [6, 6.07) is 0. The van der Waals surface area contributed by atoms with Gasteiger partial charge >= 0.3 is 13.8 Å². The van der Waals surface area contributed by atoms with E-state index in [0.717, 1.165) is 0 Å². The lowest BCUT2D eigenvalue weighted by Crippen LogP contribution is -2.06. The molecule has 8 heteroatoms. The summed E-state index contributed by atoms with van der Waals surface area (Å²) in [4.78, 5) is 27.6. The lowest BCUT2D eigenvalue weighted by Gasteiger charge is -2.06. The van der Waals surface area contributed by atoms with Crippen LogP contribution in [0.5, 0.6) is 0 Å². The van der Waals surface area contributed by atoms with Crippen LogP contribution in [0.2, 0.25) is 0 Å². The average molecular weight is 259 g/mol. The van der Waals surface area contributed by atoms with E-state index in [1.165, 1.54) is 13.0 Å². The van der Waals surface area contributed by atoms with Crippen LogP contribution in [0.25, 0.3) is 0 Å². The molecule has 0 saturated heterocycles. The van der Waals surface area contributed by atoms with Crippen molar-refractivity contribution < 1.29 is 28.8 Å². The van der Waals surface area contributed by atoms with E-state index in [4.69, 9.17) is 26.5 Å². The van der Waals surface area contributed by atoms with E-state index in [0.29, 0.717) is 0 Å². The number of carbonyl (C=O) groups excluding carboxylic acids is 1. The molecule has 6 nitrogen and oxygen atoms in total. The first-order valence-corrected chi connectivity index (χ1v) is 5.94. The second kappa shape index (κ2) is 6.25. The summed E-state index contributed by atoms with van der Waals surface area (Å²) < 4.78 is 14.1. The summed E-state index contributed by atoms with van der Waals surface area (Å²) in [5, 5.41) is 8.03. The Hall–Kier alpha value is -0.390. The SMILES string of the molecule is CC(=CCC(Cl)CO)C(=O)OP(=O)(O)O. The smallest absolute Gasteiger partial charge is 0.395 e. The van der Waals surface area contributed by atoms with Crippen molar-refractivity contribution in [1.82, 2.24) is 0 Å². The Morgan fingerprint density at radius 2 is 2.13 bits per heavy atom. The number of hydrogen-bond donors (Lipinski definition) is 3. The van der Waals surface area contributed by atoms with Crippen LogP contribution in [-0.4, -0.2) is 32.8 Å². The molecule has 0 aromatic rings. The van der Waals surface area contributed by atoms with Crippen LogP contribution in [0, 0.1) is 0 Å². The van der Waals surface area contributed by atoms with Crippen LogP contribution >= 0.6 is 19.4 Å². The second-order valence-electron chi connectivity index (χ2n) is 2.77. The molecule has 0 bridgehead atoms. The molecule has 0 aromatic carbocycles. The molecule has 3 N–H and O–H groups in total. The molecule has 0 spiro atoms. The van der Waals surface area contributed by atoms with Crippen molar-refractivity contribution in [2.45, 2.75) is 18.7 Å². The molecule has 0 saturated carbocycles. The molecule has 1 unspecified atom stereocenters. The average Bonchev–Trinajstić information content (AvgIpc) is 2.10. The standard InChI is InChI=1S/C7H12ClO6P/c1-5(2-3-6(8)4-9)7(10)14-15(11,12)13/h2,6,9H,3-4H2,1H3,(H2,11,12,13). The Bertz CT molecular complexity index is 296. The molecule has 1 atom stereocenters. The number of carbonyl (C=O) groups is 1. The number of alkyl halides is 1. The van der Waals surface area contributed by atoms with Crippen molar-refractivity contribution in [2.24, 2.45) is 0 Å². The Morgan fingerprint density at radius 1 is 1.60 bits per heavy atom. The fraction of sp³-hybridized carbons (Fsp3) is 0.571. The molecule has 0 heterocycles. The minimum atomic E-state index is -4.80.